The van der Waals surface area contributed by atoms with Gasteiger partial charge in [0, 0.05) is 11.3 Å². The first-order chi connectivity index (χ1) is 9.90. The van der Waals surface area contributed by atoms with Gasteiger partial charge in [0.05, 0.1) is 7.11 Å². The van der Waals surface area contributed by atoms with Gasteiger partial charge in [0.15, 0.2) is 0 Å². The predicted octanol–water partition coefficient (Wildman–Crippen LogP) is 4.25. The lowest BCUT2D eigenvalue weighted by Gasteiger charge is -2.19. The Kier molecular flexibility index (Phi) is 4.32. The van der Waals surface area contributed by atoms with Crippen LogP contribution in [-0.2, 0) is 5.41 Å². The van der Waals surface area contributed by atoms with Gasteiger partial charge in [0.2, 0.25) is 0 Å². The molecule has 0 fully saturated rings. The van der Waals surface area contributed by atoms with Crippen molar-refractivity contribution in [1.82, 2.24) is 0 Å². The van der Waals surface area contributed by atoms with Crippen molar-refractivity contribution in [2.75, 3.05) is 12.4 Å². The lowest BCUT2D eigenvalue weighted by atomic mass is 9.87. The van der Waals surface area contributed by atoms with E-state index in [1.54, 1.807) is 25.3 Å². The van der Waals surface area contributed by atoms with Crippen LogP contribution in [0.4, 0.5) is 5.69 Å². The first-order valence-electron chi connectivity index (χ1n) is 6.96. The van der Waals surface area contributed by atoms with Crippen molar-refractivity contribution in [3.8, 4) is 5.75 Å². The molecule has 1 amide bonds. The van der Waals surface area contributed by atoms with E-state index in [0.29, 0.717) is 11.3 Å². The number of amides is 1. The predicted molar refractivity (Wildman–Crippen MR) is 86.1 cm³/mol. The fraction of sp³-hybridized carbons (Fsp3) is 0.278. The minimum atomic E-state index is -0.139. The Bertz CT molecular complexity index is 642. The highest BCUT2D eigenvalue weighted by Crippen LogP contribution is 2.25. The van der Waals surface area contributed by atoms with E-state index in [1.807, 2.05) is 24.3 Å². The van der Waals surface area contributed by atoms with Crippen molar-refractivity contribution in [2.45, 2.75) is 26.2 Å². The largest absolute Gasteiger partial charge is 0.497 e. The fourth-order valence-corrected chi connectivity index (χ4v) is 2.03. The molecule has 0 radical (unpaired) electrons. The van der Waals surface area contributed by atoms with Gasteiger partial charge in [-0.15, -0.1) is 0 Å². The molecule has 0 atom stereocenters. The molecule has 110 valence electrons. The molecule has 3 nitrogen and oxygen atoms in total. The zero-order chi connectivity index (χ0) is 15.5. The highest BCUT2D eigenvalue weighted by molar-refractivity contribution is 6.04. The van der Waals surface area contributed by atoms with E-state index >= 15 is 0 Å². The monoisotopic (exact) mass is 283 g/mol. The van der Waals surface area contributed by atoms with E-state index < -0.39 is 0 Å². The number of nitrogens with one attached hydrogen (secondary N) is 1. The van der Waals surface area contributed by atoms with Gasteiger partial charge in [-0.05, 0) is 41.3 Å². The van der Waals surface area contributed by atoms with E-state index in [9.17, 15) is 4.79 Å². The van der Waals surface area contributed by atoms with Crippen LogP contribution in [0.2, 0.25) is 0 Å². The summed E-state index contributed by atoms with van der Waals surface area (Å²) in [4.78, 5) is 12.3. The topological polar surface area (TPSA) is 38.3 Å². The van der Waals surface area contributed by atoms with Crippen LogP contribution in [-0.4, -0.2) is 13.0 Å². The Labute approximate surface area is 126 Å². The molecule has 0 saturated carbocycles. The second kappa shape index (κ2) is 6.00. The van der Waals surface area contributed by atoms with Crippen LogP contribution in [0.5, 0.6) is 5.75 Å². The van der Waals surface area contributed by atoms with Crippen molar-refractivity contribution in [3.05, 3.63) is 59.7 Å². The van der Waals surface area contributed by atoms with Crippen LogP contribution in [0.3, 0.4) is 0 Å². The maximum Gasteiger partial charge on any atom is 0.255 e. The number of anilines is 1. The van der Waals surface area contributed by atoms with Crippen LogP contribution in [0.15, 0.2) is 48.5 Å². The summed E-state index contributed by atoms with van der Waals surface area (Å²) in [6.45, 7) is 6.45. The van der Waals surface area contributed by atoms with Crippen LogP contribution in [0, 0.1) is 0 Å². The van der Waals surface area contributed by atoms with E-state index in [2.05, 4.69) is 32.2 Å². The Morgan fingerprint density at radius 2 is 1.76 bits per heavy atom. The lowest BCUT2D eigenvalue weighted by Crippen LogP contribution is -2.14. The van der Waals surface area contributed by atoms with E-state index in [0.717, 1.165) is 5.69 Å². The van der Waals surface area contributed by atoms with E-state index in [4.69, 9.17) is 4.74 Å². The third-order valence-electron chi connectivity index (χ3n) is 3.32. The van der Waals surface area contributed by atoms with Crippen molar-refractivity contribution in [3.63, 3.8) is 0 Å². The quantitative estimate of drug-likeness (QED) is 0.914. The van der Waals surface area contributed by atoms with Crippen LogP contribution in [0.25, 0.3) is 0 Å². The molecule has 21 heavy (non-hydrogen) atoms. The number of carbonyl (C=O) groups excluding carboxylic acids is 1. The Morgan fingerprint density at radius 3 is 2.43 bits per heavy atom. The molecule has 0 spiro atoms. The van der Waals surface area contributed by atoms with Crippen molar-refractivity contribution >= 4 is 11.6 Å². The molecular formula is C18H21NO2. The van der Waals surface area contributed by atoms with Crippen LogP contribution in [0.1, 0.15) is 36.7 Å². The summed E-state index contributed by atoms with van der Waals surface area (Å²) < 4.78 is 5.14. The van der Waals surface area contributed by atoms with Gasteiger partial charge in [0.25, 0.3) is 5.91 Å². The normalized spacial score (nSPS) is 11.0. The van der Waals surface area contributed by atoms with Gasteiger partial charge in [-0.2, -0.15) is 0 Å². The number of methoxy groups -OCH3 is 1. The minimum absolute atomic E-state index is 0.0523. The summed E-state index contributed by atoms with van der Waals surface area (Å²) in [6.07, 6.45) is 0. The third-order valence-corrected chi connectivity index (χ3v) is 3.32. The molecule has 2 aromatic rings. The standard InChI is InChI=1S/C18H21NO2/c1-18(2,3)14-8-6-9-15(12-14)19-17(20)13-7-5-10-16(11-13)21-4/h5-12H,1-4H3,(H,19,20). The number of hydrogen-bond donors (Lipinski definition) is 1. The van der Waals surface area contributed by atoms with Crippen molar-refractivity contribution < 1.29 is 9.53 Å². The molecule has 2 aromatic carbocycles. The number of benzene rings is 2. The molecule has 1 N–H and O–H groups in total. The van der Waals surface area contributed by atoms with Gasteiger partial charge >= 0.3 is 0 Å². The van der Waals surface area contributed by atoms with Crippen molar-refractivity contribution in [2.24, 2.45) is 0 Å². The number of rotatable bonds is 3. The van der Waals surface area contributed by atoms with E-state index in [-0.39, 0.29) is 11.3 Å². The van der Waals surface area contributed by atoms with Crippen LogP contribution < -0.4 is 10.1 Å². The molecule has 0 aliphatic carbocycles. The summed E-state index contributed by atoms with van der Waals surface area (Å²) in [5.74, 6) is 0.533. The molecule has 0 aromatic heterocycles. The first-order valence-corrected chi connectivity index (χ1v) is 6.96. The molecule has 0 aliphatic rings. The summed E-state index contributed by atoms with van der Waals surface area (Å²) in [7, 11) is 1.59. The molecule has 0 bridgehead atoms. The highest BCUT2D eigenvalue weighted by Gasteiger charge is 2.14. The first kappa shape index (κ1) is 15.1. The number of hydrogen-bond acceptors (Lipinski definition) is 2. The molecular weight excluding hydrogens is 262 g/mol. The zero-order valence-corrected chi connectivity index (χ0v) is 12.9. The van der Waals surface area contributed by atoms with Gasteiger partial charge in [0.1, 0.15) is 5.75 Å². The Balaban J connectivity index is 2.19. The second-order valence-corrected chi connectivity index (χ2v) is 6.02. The molecule has 3 heteroatoms. The lowest BCUT2D eigenvalue weighted by molar-refractivity contribution is 0.102. The van der Waals surface area contributed by atoms with Gasteiger partial charge in [-0.1, -0.05) is 39.0 Å². The molecule has 2 rings (SSSR count). The average Bonchev–Trinajstić information content (AvgIpc) is 2.46. The average molecular weight is 283 g/mol. The maximum absolute atomic E-state index is 12.3. The second-order valence-electron chi connectivity index (χ2n) is 6.02. The zero-order valence-electron chi connectivity index (χ0n) is 12.9. The SMILES string of the molecule is COc1cccc(C(=O)Nc2cccc(C(C)(C)C)c2)c1. The summed E-state index contributed by atoms with van der Waals surface area (Å²) in [6, 6.07) is 15.1. The van der Waals surface area contributed by atoms with Gasteiger partial charge < -0.3 is 10.1 Å². The minimum Gasteiger partial charge on any atom is -0.497 e. The molecule has 0 saturated heterocycles. The summed E-state index contributed by atoms with van der Waals surface area (Å²) >= 11 is 0. The number of carbonyl (C=O) groups is 1. The Morgan fingerprint density at radius 1 is 1.05 bits per heavy atom. The van der Waals surface area contributed by atoms with Crippen molar-refractivity contribution in [1.29, 1.82) is 0 Å². The fourth-order valence-electron chi connectivity index (χ4n) is 2.03. The molecule has 0 heterocycles. The number of ether oxygens (including phenoxy) is 1. The molecule has 0 aliphatic heterocycles. The third kappa shape index (κ3) is 3.85. The summed E-state index contributed by atoms with van der Waals surface area (Å²) in [5.41, 5.74) is 2.62. The summed E-state index contributed by atoms with van der Waals surface area (Å²) in [5, 5.41) is 2.93. The van der Waals surface area contributed by atoms with Gasteiger partial charge in [-0.25, -0.2) is 0 Å². The maximum atomic E-state index is 12.3. The van der Waals surface area contributed by atoms with Crippen LogP contribution >= 0.6 is 0 Å². The van der Waals surface area contributed by atoms with E-state index in [1.165, 1.54) is 5.56 Å². The Hall–Kier alpha value is -2.29. The highest BCUT2D eigenvalue weighted by atomic mass is 16.5. The van der Waals surface area contributed by atoms with Gasteiger partial charge in [-0.3, -0.25) is 4.79 Å². The molecule has 0 unspecified atom stereocenters. The smallest absolute Gasteiger partial charge is 0.255 e.